The van der Waals surface area contributed by atoms with Crippen molar-refractivity contribution in [3.8, 4) is 23.3 Å². The number of ether oxygens (including phenoxy) is 3. The third kappa shape index (κ3) is 5.41. The van der Waals surface area contributed by atoms with E-state index in [0.717, 1.165) is 16.7 Å². The number of carbonyl (C=O) groups is 3. The molecule has 1 N–H and O–H groups in total. The Morgan fingerprint density at radius 3 is 2.77 bits per heavy atom. The summed E-state index contributed by atoms with van der Waals surface area (Å²) in [5, 5.41) is 11.6. The van der Waals surface area contributed by atoms with Crippen LogP contribution in [0.2, 0.25) is 0 Å². The zero-order valence-corrected chi connectivity index (χ0v) is 20.0. The molecule has 0 aliphatic carbocycles. The molecule has 2 aliphatic rings. The number of amides is 3. The van der Waals surface area contributed by atoms with Gasteiger partial charge < -0.3 is 19.5 Å². The number of carbonyl (C=O) groups excluding carboxylic acids is 3. The standard InChI is InChI=1S/C25H23N3O6S/c1-15(2)22(34-18-6-4-3-5-17(18)13-26)23(29)27-9-10-28-24(30)21(35-25(28)31)12-16-7-8-19-20(11-16)33-14-32-19/h3-8,11-12,15,22H,9-10,14H2,1-2H3,(H,27,29)/b21-12+. The summed E-state index contributed by atoms with van der Waals surface area (Å²) in [5.74, 6) is 0.542. The third-order valence-electron chi connectivity index (χ3n) is 5.33. The summed E-state index contributed by atoms with van der Waals surface area (Å²) in [6, 6.07) is 14.0. The second-order valence-electron chi connectivity index (χ2n) is 8.13. The summed E-state index contributed by atoms with van der Waals surface area (Å²) >= 11 is 0.844. The van der Waals surface area contributed by atoms with E-state index < -0.39 is 23.2 Å². The fourth-order valence-corrected chi connectivity index (χ4v) is 4.39. The Labute approximate surface area is 206 Å². The lowest BCUT2D eigenvalue weighted by Crippen LogP contribution is -2.45. The van der Waals surface area contributed by atoms with Crippen LogP contribution in [0, 0.1) is 17.2 Å². The summed E-state index contributed by atoms with van der Waals surface area (Å²) < 4.78 is 16.5. The first-order valence-corrected chi connectivity index (χ1v) is 11.8. The Morgan fingerprint density at radius 2 is 2.00 bits per heavy atom. The van der Waals surface area contributed by atoms with Crippen LogP contribution >= 0.6 is 11.8 Å². The van der Waals surface area contributed by atoms with Crippen molar-refractivity contribution >= 4 is 34.9 Å². The first-order valence-electron chi connectivity index (χ1n) is 11.0. The van der Waals surface area contributed by atoms with Gasteiger partial charge >= 0.3 is 0 Å². The predicted octanol–water partition coefficient (Wildman–Crippen LogP) is 3.54. The van der Waals surface area contributed by atoms with Crippen molar-refractivity contribution in [1.29, 1.82) is 5.26 Å². The van der Waals surface area contributed by atoms with Crippen LogP contribution in [0.5, 0.6) is 17.2 Å². The third-order valence-corrected chi connectivity index (χ3v) is 6.24. The van der Waals surface area contributed by atoms with Gasteiger partial charge in [-0.1, -0.05) is 32.0 Å². The minimum atomic E-state index is -0.842. The highest BCUT2D eigenvalue weighted by atomic mass is 32.2. The van der Waals surface area contributed by atoms with Gasteiger partial charge in [0.2, 0.25) is 6.79 Å². The van der Waals surface area contributed by atoms with E-state index in [1.54, 1.807) is 48.5 Å². The van der Waals surface area contributed by atoms with Crippen LogP contribution in [0.15, 0.2) is 47.4 Å². The van der Waals surface area contributed by atoms with Crippen LogP contribution in [-0.4, -0.2) is 47.9 Å². The number of hydrogen-bond acceptors (Lipinski definition) is 8. The minimum Gasteiger partial charge on any atom is -0.479 e. The zero-order valence-electron chi connectivity index (χ0n) is 19.1. The van der Waals surface area contributed by atoms with E-state index in [4.69, 9.17) is 14.2 Å². The van der Waals surface area contributed by atoms with E-state index in [1.807, 2.05) is 19.9 Å². The Morgan fingerprint density at radius 1 is 1.23 bits per heavy atom. The average molecular weight is 494 g/mol. The van der Waals surface area contributed by atoms with Gasteiger partial charge in [0, 0.05) is 13.1 Å². The molecular formula is C25H23N3O6S. The van der Waals surface area contributed by atoms with Gasteiger partial charge in [0.05, 0.1) is 10.5 Å². The number of rotatable bonds is 8. The number of imide groups is 1. The minimum absolute atomic E-state index is 0.0223. The average Bonchev–Trinajstić information content (AvgIpc) is 3.41. The Balaban J connectivity index is 1.35. The molecule has 1 atom stereocenters. The maximum Gasteiger partial charge on any atom is 0.293 e. The second-order valence-corrected chi connectivity index (χ2v) is 9.12. The van der Waals surface area contributed by atoms with Gasteiger partial charge in [-0.2, -0.15) is 5.26 Å². The van der Waals surface area contributed by atoms with Crippen LogP contribution in [0.3, 0.4) is 0 Å². The molecule has 0 aromatic heterocycles. The molecule has 2 aromatic carbocycles. The van der Waals surface area contributed by atoms with E-state index in [9.17, 15) is 19.6 Å². The van der Waals surface area contributed by atoms with Crippen LogP contribution in [0.1, 0.15) is 25.0 Å². The van der Waals surface area contributed by atoms with Crippen LogP contribution in [0.25, 0.3) is 6.08 Å². The lowest BCUT2D eigenvalue weighted by molar-refractivity contribution is -0.130. The highest BCUT2D eigenvalue weighted by molar-refractivity contribution is 8.18. The van der Waals surface area contributed by atoms with E-state index in [1.165, 1.54) is 0 Å². The van der Waals surface area contributed by atoms with E-state index in [-0.39, 0.29) is 30.7 Å². The maximum atomic E-state index is 12.8. The molecule has 1 unspecified atom stereocenters. The van der Waals surface area contributed by atoms with Gasteiger partial charge in [0.15, 0.2) is 17.6 Å². The molecule has 180 valence electrons. The summed E-state index contributed by atoms with van der Waals surface area (Å²) in [6.45, 7) is 3.90. The fraction of sp³-hybridized carbons (Fsp3) is 0.280. The van der Waals surface area contributed by atoms with Crippen LogP contribution in [-0.2, 0) is 9.59 Å². The van der Waals surface area contributed by atoms with Gasteiger partial charge in [-0.05, 0) is 53.6 Å². The normalized spacial score (nSPS) is 16.5. The predicted molar refractivity (Wildman–Crippen MR) is 129 cm³/mol. The Kier molecular flexibility index (Phi) is 7.27. The highest BCUT2D eigenvalue weighted by Gasteiger charge is 2.35. The van der Waals surface area contributed by atoms with Gasteiger partial charge in [0.25, 0.3) is 17.1 Å². The van der Waals surface area contributed by atoms with E-state index in [0.29, 0.717) is 28.4 Å². The van der Waals surface area contributed by atoms with E-state index in [2.05, 4.69) is 5.32 Å². The SMILES string of the molecule is CC(C)C(Oc1ccccc1C#N)C(=O)NCCN1C(=O)S/C(=C/c2ccc3c(c2)OCO3)C1=O. The van der Waals surface area contributed by atoms with Crippen molar-refractivity contribution in [2.75, 3.05) is 19.9 Å². The molecular weight excluding hydrogens is 470 g/mol. The highest BCUT2D eigenvalue weighted by Crippen LogP contribution is 2.36. The molecule has 35 heavy (non-hydrogen) atoms. The van der Waals surface area contributed by atoms with E-state index >= 15 is 0 Å². The quantitative estimate of drug-likeness (QED) is 0.555. The summed E-state index contributed by atoms with van der Waals surface area (Å²) in [4.78, 5) is 39.4. The fourth-order valence-electron chi connectivity index (χ4n) is 3.53. The first kappa shape index (κ1) is 24.2. The van der Waals surface area contributed by atoms with Gasteiger partial charge in [0.1, 0.15) is 11.8 Å². The number of nitrogens with zero attached hydrogens (tertiary/aromatic N) is 2. The second kappa shape index (κ2) is 10.5. The van der Waals surface area contributed by atoms with Gasteiger partial charge in [-0.3, -0.25) is 19.3 Å². The van der Waals surface area contributed by atoms with Crippen LogP contribution < -0.4 is 19.5 Å². The number of benzene rings is 2. The molecule has 0 saturated carbocycles. The molecule has 4 rings (SSSR count). The molecule has 9 nitrogen and oxygen atoms in total. The van der Waals surface area contributed by atoms with Crippen molar-refractivity contribution in [3.05, 3.63) is 58.5 Å². The molecule has 1 fully saturated rings. The topological polar surface area (TPSA) is 118 Å². The molecule has 2 heterocycles. The van der Waals surface area contributed by atoms with Crippen molar-refractivity contribution in [2.24, 2.45) is 5.92 Å². The summed E-state index contributed by atoms with van der Waals surface area (Å²) in [7, 11) is 0. The largest absolute Gasteiger partial charge is 0.479 e. The number of fused-ring (bicyclic) bond motifs is 1. The van der Waals surface area contributed by atoms with Crippen molar-refractivity contribution < 1.29 is 28.6 Å². The zero-order chi connectivity index (χ0) is 24.9. The maximum absolute atomic E-state index is 12.8. The van der Waals surface area contributed by atoms with Crippen molar-refractivity contribution in [3.63, 3.8) is 0 Å². The lowest BCUT2D eigenvalue weighted by Gasteiger charge is -2.23. The monoisotopic (exact) mass is 493 g/mol. The summed E-state index contributed by atoms with van der Waals surface area (Å²) in [6.07, 6.45) is 0.783. The molecule has 2 aromatic rings. The molecule has 0 radical (unpaired) electrons. The number of hydrogen-bond donors (Lipinski definition) is 1. The van der Waals surface area contributed by atoms with Crippen molar-refractivity contribution in [2.45, 2.75) is 20.0 Å². The molecule has 0 spiro atoms. The molecule has 2 aliphatic heterocycles. The lowest BCUT2D eigenvalue weighted by atomic mass is 10.1. The molecule has 0 bridgehead atoms. The van der Waals surface area contributed by atoms with Crippen LogP contribution in [0.4, 0.5) is 4.79 Å². The smallest absolute Gasteiger partial charge is 0.293 e. The molecule has 1 saturated heterocycles. The Hall–Kier alpha value is -3.97. The van der Waals surface area contributed by atoms with Gasteiger partial charge in [-0.15, -0.1) is 0 Å². The molecule has 10 heteroatoms. The Bertz CT molecular complexity index is 1240. The van der Waals surface area contributed by atoms with Gasteiger partial charge in [-0.25, -0.2) is 0 Å². The van der Waals surface area contributed by atoms with Crippen molar-refractivity contribution in [1.82, 2.24) is 10.2 Å². The number of nitriles is 1. The number of nitrogens with one attached hydrogen (secondary N) is 1. The number of para-hydroxylation sites is 1. The first-order chi connectivity index (χ1) is 16.9. The summed E-state index contributed by atoms with van der Waals surface area (Å²) in [5.41, 5.74) is 1.04. The number of thioether (sulfide) groups is 1. The molecule has 3 amide bonds.